The molecule has 0 aromatic carbocycles. The molecule has 4 heterocycles. The van der Waals surface area contributed by atoms with Gasteiger partial charge in [-0.05, 0) is 25.5 Å². The molecule has 9 heteroatoms. The lowest BCUT2D eigenvalue weighted by Gasteiger charge is -2.10. The van der Waals surface area contributed by atoms with E-state index >= 15 is 0 Å². The third-order valence-electron chi connectivity index (χ3n) is 4.20. The number of aromatic amines is 2. The molecule has 0 saturated heterocycles. The standard InChI is InChI=1S/C19H18N4O3S2/c1-3-5-11-8-14(24)21-19(20-11)28-10(2)16-22-17(25)15-12(9-27-18(15)23-16)13-6-4-7-26-13/h4,6-10H,3,5H2,1-2H3,(H,20,21,24)(H,22,23,25). The predicted molar refractivity (Wildman–Crippen MR) is 111 cm³/mol. The highest BCUT2D eigenvalue weighted by atomic mass is 32.2. The largest absolute Gasteiger partial charge is 0.464 e. The smallest absolute Gasteiger partial charge is 0.260 e. The molecule has 1 atom stereocenters. The number of nitrogens with one attached hydrogen (secondary N) is 2. The van der Waals surface area contributed by atoms with Gasteiger partial charge in [0.05, 0.1) is 16.9 Å². The maximum atomic E-state index is 12.7. The predicted octanol–water partition coefficient (Wildman–Crippen LogP) is 4.13. The third-order valence-corrected chi connectivity index (χ3v) is 6.07. The Kier molecular flexibility index (Phi) is 5.19. The number of aryl methyl sites for hydroxylation is 1. The molecule has 144 valence electrons. The van der Waals surface area contributed by atoms with Crippen LogP contribution in [0.4, 0.5) is 0 Å². The summed E-state index contributed by atoms with van der Waals surface area (Å²) in [6.07, 6.45) is 3.24. The summed E-state index contributed by atoms with van der Waals surface area (Å²) in [5.74, 6) is 1.18. The average molecular weight is 415 g/mol. The first-order valence-corrected chi connectivity index (χ1v) is 10.6. The van der Waals surface area contributed by atoms with E-state index in [9.17, 15) is 9.59 Å². The zero-order valence-corrected chi connectivity index (χ0v) is 16.9. The van der Waals surface area contributed by atoms with Crippen molar-refractivity contribution in [1.82, 2.24) is 19.9 Å². The van der Waals surface area contributed by atoms with Gasteiger partial charge in [-0.1, -0.05) is 25.1 Å². The summed E-state index contributed by atoms with van der Waals surface area (Å²) in [6, 6.07) is 5.12. The van der Waals surface area contributed by atoms with E-state index in [0.29, 0.717) is 27.0 Å². The van der Waals surface area contributed by atoms with E-state index in [1.807, 2.05) is 25.3 Å². The first kappa shape index (κ1) is 18.7. The number of H-pyrrole nitrogens is 2. The van der Waals surface area contributed by atoms with Gasteiger partial charge in [0.15, 0.2) is 5.16 Å². The number of rotatable bonds is 6. The highest BCUT2D eigenvalue weighted by Crippen LogP contribution is 2.34. The van der Waals surface area contributed by atoms with Gasteiger partial charge in [0, 0.05) is 22.7 Å². The number of fused-ring (bicyclic) bond motifs is 1. The Balaban J connectivity index is 1.66. The van der Waals surface area contributed by atoms with E-state index in [1.165, 1.54) is 29.2 Å². The number of aromatic nitrogens is 4. The topological polar surface area (TPSA) is 105 Å². The van der Waals surface area contributed by atoms with Crippen molar-refractivity contribution in [3.63, 3.8) is 0 Å². The molecule has 0 spiro atoms. The van der Waals surface area contributed by atoms with Gasteiger partial charge in [0.1, 0.15) is 16.4 Å². The van der Waals surface area contributed by atoms with Crippen LogP contribution in [0.3, 0.4) is 0 Å². The van der Waals surface area contributed by atoms with Crippen LogP contribution in [0.25, 0.3) is 21.5 Å². The zero-order valence-electron chi connectivity index (χ0n) is 15.3. The second-order valence-electron chi connectivity index (χ2n) is 6.31. The SMILES string of the molecule is CCCc1cc(=O)[nH]c(SC(C)c2nc3scc(-c4ccco4)c3c(=O)[nH]2)n1. The zero-order chi connectivity index (χ0) is 19.7. The van der Waals surface area contributed by atoms with Gasteiger partial charge in [-0.15, -0.1) is 11.3 Å². The highest BCUT2D eigenvalue weighted by Gasteiger charge is 2.18. The lowest BCUT2D eigenvalue weighted by molar-refractivity contribution is 0.583. The number of furan rings is 1. The fourth-order valence-electron chi connectivity index (χ4n) is 2.92. The Morgan fingerprint density at radius 1 is 1.29 bits per heavy atom. The van der Waals surface area contributed by atoms with Crippen molar-refractivity contribution in [2.45, 2.75) is 37.1 Å². The van der Waals surface area contributed by atoms with Gasteiger partial charge in [-0.25, -0.2) is 9.97 Å². The Bertz CT molecular complexity index is 1220. The fourth-order valence-corrected chi connectivity index (χ4v) is 4.74. The van der Waals surface area contributed by atoms with Gasteiger partial charge in [-0.3, -0.25) is 9.59 Å². The van der Waals surface area contributed by atoms with E-state index in [4.69, 9.17) is 4.42 Å². The Morgan fingerprint density at radius 3 is 2.89 bits per heavy atom. The summed E-state index contributed by atoms with van der Waals surface area (Å²) in [6.45, 7) is 3.96. The summed E-state index contributed by atoms with van der Waals surface area (Å²) in [5, 5.41) is 2.73. The molecule has 0 aliphatic rings. The minimum atomic E-state index is -0.207. The average Bonchev–Trinajstić information content (AvgIpc) is 3.30. The van der Waals surface area contributed by atoms with Crippen molar-refractivity contribution in [1.29, 1.82) is 0 Å². The lowest BCUT2D eigenvalue weighted by Crippen LogP contribution is -2.14. The highest BCUT2D eigenvalue weighted by molar-refractivity contribution is 7.99. The summed E-state index contributed by atoms with van der Waals surface area (Å²) in [5.41, 5.74) is 1.12. The Morgan fingerprint density at radius 2 is 2.14 bits per heavy atom. The molecule has 2 N–H and O–H groups in total. The molecule has 1 unspecified atom stereocenters. The molecule has 4 aromatic rings. The lowest BCUT2D eigenvalue weighted by atomic mass is 10.2. The molecule has 0 amide bonds. The van der Waals surface area contributed by atoms with Crippen LogP contribution in [0.5, 0.6) is 0 Å². The van der Waals surface area contributed by atoms with Crippen LogP contribution in [0.2, 0.25) is 0 Å². The quantitative estimate of drug-likeness (QED) is 0.363. The molecular formula is C19H18N4O3S2. The molecule has 4 aromatic heterocycles. The van der Waals surface area contributed by atoms with Crippen LogP contribution in [-0.2, 0) is 6.42 Å². The van der Waals surface area contributed by atoms with Crippen LogP contribution < -0.4 is 11.1 Å². The van der Waals surface area contributed by atoms with E-state index in [0.717, 1.165) is 24.1 Å². The first-order chi connectivity index (χ1) is 13.5. The third kappa shape index (κ3) is 3.67. The van der Waals surface area contributed by atoms with Crippen LogP contribution in [-0.4, -0.2) is 19.9 Å². The van der Waals surface area contributed by atoms with Crippen molar-refractivity contribution < 1.29 is 4.42 Å². The van der Waals surface area contributed by atoms with Crippen molar-refractivity contribution in [2.24, 2.45) is 0 Å². The summed E-state index contributed by atoms with van der Waals surface area (Å²) in [4.78, 5) is 40.0. The second kappa shape index (κ2) is 7.76. The van der Waals surface area contributed by atoms with E-state index in [1.54, 1.807) is 12.3 Å². The normalized spacial score (nSPS) is 12.5. The molecule has 4 rings (SSSR count). The summed E-state index contributed by atoms with van der Waals surface area (Å²) >= 11 is 2.76. The van der Waals surface area contributed by atoms with Gasteiger partial charge < -0.3 is 14.4 Å². The van der Waals surface area contributed by atoms with E-state index in [-0.39, 0.29) is 16.4 Å². The second-order valence-corrected chi connectivity index (χ2v) is 8.50. The van der Waals surface area contributed by atoms with Crippen LogP contribution >= 0.6 is 23.1 Å². The molecule has 7 nitrogen and oxygen atoms in total. The molecule has 0 saturated carbocycles. The number of hydrogen-bond acceptors (Lipinski definition) is 7. The Hall–Kier alpha value is -2.65. The van der Waals surface area contributed by atoms with Gasteiger partial charge in [0.2, 0.25) is 0 Å². The van der Waals surface area contributed by atoms with Crippen molar-refractivity contribution in [3.05, 3.63) is 62.1 Å². The van der Waals surface area contributed by atoms with E-state index < -0.39 is 0 Å². The molecule has 28 heavy (non-hydrogen) atoms. The number of thiophene rings is 1. The van der Waals surface area contributed by atoms with Crippen molar-refractivity contribution in [3.8, 4) is 11.3 Å². The number of hydrogen-bond donors (Lipinski definition) is 2. The van der Waals surface area contributed by atoms with Crippen LogP contribution in [0.1, 0.15) is 37.0 Å². The summed E-state index contributed by atoms with van der Waals surface area (Å²) in [7, 11) is 0. The number of nitrogens with zero attached hydrogens (tertiary/aromatic N) is 2. The first-order valence-electron chi connectivity index (χ1n) is 8.87. The van der Waals surface area contributed by atoms with Crippen molar-refractivity contribution in [2.75, 3.05) is 0 Å². The molecule has 0 aliphatic heterocycles. The van der Waals surface area contributed by atoms with Gasteiger partial charge in [-0.2, -0.15) is 0 Å². The fraction of sp³-hybridized carbons (Fsp3) is 0.263. The maximum absolute atomic E-state index is 12.7. The molecular weight excluding hydrogens is 396 g/mol. The van der Waals surface area contributed by atoms with Crippen molar-refractivity contribution >= 4 is 33.3 Å². The van der Waals surface area contributed by atoms with E-state index in [2.05, 4.69) is 19.9 Å². The summed E-state index contributed by atoms with van der Waals surface area (Å²) < 4.78 is 5.42. The van der Waals surface area contributed by atoms with Gasteiger partial charge >= 0.3 is 0 Å². The van der Waals surface area contributed by atoms with Crippen LogP contribution in [0, 0.1) is 0 Å². The molecule has 0 radical (unpaired) electrons. The molecule has 0 aliphatic carbocycles. The molecule has 0 fully saturated rings. The maximum Gasteiger partial charge on any atom is 0.260 e. The minimum Gasteiger partial charge on any atom is -0.464 e. The monoisotopic (exact) mass is 414 g/mol. The number of thioether (sulfide) groups is 1. The van der Waals surface area contributed by atoms with Gasteiger partial charge in [0.25, 0.3) is 11.1 Å². The molecule has 0 bridgehead atoms. The Labute approximate surface area is 168 Å². The van der Waals surface area contributed by atoms with Crippen LogP contribution in [0.15, 0.2) is 49.0 Å². The minimum absolute atomic E-state index is 0.175.